The van der Waals surface area contributed by atoms with E-state index in [0.717, 1.165) is 0 Å². The van der Waals surface area contributed by atoms with Gasteiger partial charge in [-0.15, -0.1) is 0 Å². The third-order valence-corrected chi connectivity index (χ3v) is 3.41. The minimum Gasteiger partial charge on any atom is -0.319 e. The zero-order valence-electron chi connectivity index (χ0n) is 10.9. The van der Waals surface area contributed by atoms with Gasteiger partial charge in [-0.25, -0.2) is 0 Å². The van der Waals surface area contributed by atoms with E-state index >= 15 is 0 Å². The van der Waals surface area contributed by atoms with Gasteiger partial charge in [0.05, 0.1) is 0 Å². The summed E-state index contributed by atoms with van der Waals surface area (Å²) >= 11 is 0. The summed E-state index contributed by atoms with van der Waals surface area (Å²) in [5.74, 6) is 0.00779. The quantitative estimate of drug-likeness (QED) is 0.885. The van der Waals surface area contributed by atoms with Crippen LogP contribution in [0.3, 0.4) is 0 Å². The number of nitrogens with one attached hydrogen (secondary N) is 1. The molecule has 0 radical (unpaired) electrons. The Kier molecular flexibility index (Phi) is 3.43. The molecule has 0 heterocycles. The van der Waals surface area contributed by atoms with Crippen LogP contribution < -0.4 is 5.32 Å². The lowest BCUT2D eigenvalue weighted by molar-refractivity contribution is 0.0966. The number of carbonyl (C=O) groups is 2. The first-order chi connectivity index (χ1) is 8.57. The van der Waals surface area contributed by atoms with Crippen molar-refractivity contribution in [2.75, 3.05) is 13.6 Å². The zero-order chi connectivity index (χ0) is 13.3. The third kappa shape index (κ3) is 1.91. The predicted octanol–water partition coefficient (Wildman–Crippen LogP) is 2.24. The number of benzene rings is 1. The van der Waals surface area contributed by atoms with Crippen molar-refractivity contribution in [2.24, 2.45) is 5.92 Å². The Morgan fingerprint density at radius 3 is 2.22 bits per heavy atom. The Labute approximate surface area is 107 Å². The van der Waals surface area contributed by atoms with Crippen LogP contribution in [0.25, 0.3) is 0 Å². The average molecular weight is 243 g/mol. The molecule has 0 spiro atoms. The zero-order valence-corrected chi connectivity index (χ0v) is 10.9. The molecule has 1 aliphatic rings. The van der Waals surface area contributed by atoms with Crippen molar-refractivity contribution in [3.8, 4) is 0 Å². The molecule has 0 saturated carbocycles. The van der Waals surface area contributed by atoms with E-state index < -0.39 is 0 Å². The van der Waals surface area contributed by atoms with Crippen molar-refractivity contribution < 1.29 is 9.59 Å². The fraction of sp³-hybridized carbons (Fsp3) is 0.333. The highest BCUT2D eigenvalue weighted by molar-refractivity contribution is 6.26. The van der Waals surface area contributed by atoms with E-state index in [0.29, 0.717) is 28.8 Å². The van der Waals surface area contributed by atoms with E-state index in [1.165, 1.54) is 0 Å². The molecule has 0 bridgehead atoms. The number of Topliss-reactive ketones (excluding diaryl/α,β-unsaturated/α-hetero) is 2. The second kappa shape index (κ2) is 4.86. The minimum atomic E-state index is -0.0249. The lowest BCUT2D eigenvalue weighted by Crippen LogP contribution is -2.28. The number of carbonyl (C=O) groups excluding carboxylic acids is 2. The predicted molar refractivity (Wildman–Crippen MR) is 70.9 cm³/mol. The third-order valence-electron chi connectivity index (χ3n) is 3.41. The van der Waals surface area contributed by atoms with Gasteiger partial charge >= 0.3 is 0 Å². The van der Waals surface area contributed by atoms with E-state index in [2.05, 4.69) is 5.32 Å². The summed E-state index contributed by atoms with van der Waals surface area (Å²) in [6.45, 7) is 4.40. The summed E-state index contributed by atoms with van der Waals surface area (Å²) in [6, 6.07) is 7.04. The fourth-order valence-corrected chi connectivity index (χ4v) is 2.52. The standard InChI is InChI=1S/C15H17NO2/c1-9(8-16-3)13-10(2)14(17)11-6-4-5-7-12(11)15(13)18/h4-7,9,16H,8H2,1-3H3. The van der Waals surface area contributed by atoms with Crippen molar-refractivity contribution in [1.29, 1.82) is 0 Å². The largest absolute Gasteiger partial charge is 0.319 e. The van der Waals surface area contributed by atoms with Crippen LogP contribution in [0.2, 0.25) is 0 Å². The van der Waals surface area contributed by atoms with E-state index in [4.69, 9.17) is 0 Å². The van der Waals surface area contributed by atoms with E-state index in [-0.39, 0.29) is 17.5 Å². The van der Waals surface area contributed by atoms with Crippen molar-refractivity contribution in [1.82, 2.24) is 5.32 Å². The van der Waals surface area contributed by atoms with Gasteiger partial charge in [-0.3, -0.25) is 9.59 Å². The first-order valence-electron chi connectivity index (χ1n) is 6.11. The molecule has 0 aromatic heterocycles. The number of allylic oxidation sites excluding steroid dienone is 1. The van der Waals surface area contributed by atoms with Gasteiger partial charge in [0.15, 0.2) is 11.6 Å². The lowest BCUT2D eigenvalue weighted by atomic mass is 9.80. The maximum Gasteiger partial charge on any atom is 0.190 e. The van der Waals surface area contributed by atoms with Crippen LogP contribution in [-0.4, -0.2) is 25.2 Å². The Morgan fingerprint density at radius 2 is 1.67 bits per heavy atom. The molecule has 1 unspecified atom stereocenters. The van der Waals surface area contributed by atoms with Crippen LogP contribution in [0.5, 0.6) is 0 Å². The molecule has 18 heavy (non-hydrogen) atoms. The summed E-state index contributed by atoms with van der Waals surface area (Å²) in [5, 5.41) is 3.05. The van der Waals surface area contributed by atoms with E-state index in [1.807, 2.05) is 14.0 Å². The SMILES string of the molecule is CNCC(C)C1=C(C)C(=O)c2ccccc2C1=O. The van der Waals surface area contributed by atoms with Crippen LogP contribution in [0.4, 0.5) is 0 Å². The molecular weight excluding hydrogens is 226 g/mol. The maximum absolute atomic E-state index is 12.5. The highest BCUT2D eigenvalue weighted by Crippen LogP contribution is 2.29. The first kappa shape index (κ1) is 12.7. The van der Waals surface area contributed by atoms with Crippen LogP contribution in [0, 0.1) is 5.92 Å². The molecule has 2 rings (SSSR count). The molecule has 3 heteroatoms. The molecule has 0 amide bonds. The number of ketones is 2. The summed E-state index contributed by atoms with van der Waals surface area (Å²) in [6.07, 6.45) is 0. The molecule has 1 N–H and O–H groups in total. The molecule has 1 aromatic carbocycles. The van der Waals surface area contributed by atoms with Crippen molar-refractivity contribution >= 4 is 11.6 Å². The van der Waals surface area contributed by atoms with Gasteiger partial charge in [0.2, 0.25) is 0 Å². The van der Waals surface area contributed by atoms with Crippen LogP contribution in [-0.2, 0) is 0 Å². The van der Waals surface area contributed by atoms with Gasteiger partial charge in [-0.1, -0.05) is 31.2 Å². The molecule has 0 saturated heterocycles. The van der Waals surface area contributed by atoms with E-state index in [9.17, 15) is 9.59 Å². The van der Waals surface area contributed by atoms with Crippen LogP contribution >= 0.6 is 0 Å². The Bertz CT molecular complexity index is 543. The Morgan fingerprint density at radius 1 is 1.11 bits per heavy atom. The van der Waals surface area contributed by atoms with Gasteiger partial charge in [-0.2, -0.15) is 0 Å². The molecule has 94 valence electrons. The van der Waals surface area contributed by atoms with Crippen molar-refractivity contribution in [3.63, 3.8) is 0 Å². The van der Waals surface area contributed by atoms with Gasteiger partial charge in [0.25, 0.3) is 0 Å². The molecule has 3 nitrogen and oxygen atoms in total. The Hall–Kier alpha value is -1.74. The maximum atomic E-state index is 12.5. The smallest absolute Gasteiger partial charge is 0.190 e. The second-order valence-electron chi connectivity index (χ2n) is 4.70. The van der Waals surface area contributed by atoms with Gasteiger partial charge in [-0.05, 0) is 19.9 Å². The second-order valence-corrected chi connectivity index (χ2v) is 4.70. The number of rotatable bonds is 3. The number of hydrogen-bond acceptors (Lipinski definition) is 3. The van der Waals surface area contributed by atoms with E-state index in [1.54, 1.807) is 31.2 Å². The van der Waals surface area contributed by atoms with Gasteiger partial charge in [0, 0.05) is 28.8 Å². The average Bonchev–Trinajstić information content (AvgIpc) is 2.37. The molecule has 1 atom stereocenters. The topological polar surface area (TPSA) is 46.2 Å². The molecule has 1 aromatic rings. The summed E-state index contributed by atoms with van der Waals surface area (Å²) in [5.41, 5.74) is 2.29. The van der Waals surface area contributed by atoms with Crippen molar-refractivity contribution in [3.05, 3.63) is 46.5 Å². The number of hydrogen-bond donors (Lipinski definition) is 1. The first-order valence-corrected chi connectivity index (χ1v) is 6.11. The van der Waals surface area contributed by atoms with Crippen LogP contribution in [0.1, 0.15) is 34.6 Å². The summed E-state index contributed by atoms with van der Waals surface area (Å²) in [7, 11) is 1.84. The highest BCUT2D eigenvalue weighted by Gasteiger charge is 2.31. The van der Waals surface area contributed by atoms with Gasteiger partial charge < -0.3 is 5.32 Å². The molecular formula is C15H17NO2. The lowest BCUT2D eigenvalue weighted by Gasteiger charge is -2.23. The fourth-order valence-electron chi connectivity index (χ4n) is 2.52. The molecule has 0 aliphatic heterocycles. The molecule has 0 fully saturated rings. The Balaban J connectivity index is 2.53. The minimum absolute atomic E-state index is 0.00884. The summed E-state index contributed by atoms with van der Waals surface area (Å²) in [4.78, 5) is 24.7. The number of fused-ring (bicyclic) bond motifs is 1. The van der Waals surface area contributed by atoms with Crippen molar-refractivity contribution in [2.45, 2.75) is 13.8 Å². The van der Waals surface area contributed by atoms with Crippen LogP contribution in [0.15, 0.2) is 35.4 Å². The van der Waals surface area contributed by atoms with Gasteiger partial charge in [0.1, 0.15) is 0 Å². The molecule has 1 aliphatic carbocycles. The highest BCUT2D eigenvalue weighted by atomic mass is 16.1. The summed E-state index contributed by atoms with van der Waals surface area (Å²) < 4.78 is 0. The monoisotopic (exact) mass is 243 g/mol. The normalized spacial score (nSPS) is 16.8.